The monoisotopic (exact) mass is 244 g/mol. The fourth-order valence-corrected chi connectivity index (χ4v) is 1.86. The van der Waals surface area contributed by atoms with E-state index in [1.807, 2.05) is 0 Å². The molecule has 0 bridgehead atoms. The highest BCUT2D eigenvalue weighted by molar-refractivity contribution is 6.02. The summed E-state index contributed by atoms with van der Waals surface area (Å²) in [5, 5.41) is 9.52. The molecule has 0 atom stereocenters. The molecule has 0 fully saturated rings. The van der Waals surface area contributed by atoms with E-state index in [9.17, 15) is 14.3 Å². The van der Waals surface area contributed by atoms with Crippen LogP contribution >= 0.6 is 0 Å². The quantitative estimate of drug-likeness (QED) is 0.834. The first-order valence-corrected chi connectivity index (χ1v) is 5.74. The van der Waals surface area contributed by atoms with Crippen LogP contribution in [-0.2, 0) is 0 Å². The van der Waals surface area contributed by atoms with Gasteiger partial charge in [0.1, 0.15) is 11.6 Å². The van der Waals surface area contributed by atoms with E-state index < -0.39 is 0 Å². The molecule has 0 radical (unpaired) electrons. The van der Waals surface area contributed by atoms with Gasteiger partial charge in [0.25, 0.3) is 0 Å². The van der Waals surface area contributed by atoms with E-state index in [0.717, 1.165) is 0 Å². The summed E-state index contributed by atoms with van der Waals surface area (Å²) in [5.74, 6) is -0.345. The Hall–Kier alpha value is -2.16. The molecule has 2 nitrogen and oxygen atoms in total. The molecule has 0 saturated heterocycles. The number of halogens is 1. The minimum atomic E-state index is -0.370. The van der Waals surface area contributed by atoms with Crippen LogP contribution in [0.15, 0.2) is 42.5 Å². The fraction of sp³-hybridized carbons (Fsp3) is 0.133. The molecule has 0 aliphatic heterocycles. The zero-order valence-corrected chi connectivity index (χ0v) is 9.98. The normalized spacial score (nSPS) is 10.3. The Bertz CT molecular complexity index is 591. The summed E-state index contributed by atoms with van der Waals surface area (Å²) in [4.78, 5) is 11.8. The van der Waals surface area contributed by atoms with Gasteiger partial charge in [0.2, 0.25) is 0 Å². The van der Waals surface area contributed by atoms with Crippen LogP contribution in [0.5, 0.6) is 5.75 Å². The third-order valence-corrected chi connectivity index (χ3v) is 2.76. The second-order valence-electron chi connectivity index (χ2n) is 4.02. The molecule has 0 aliphatic carbocycles. The number of ketones is 1. The van der Waals surface area contributed by atoms with E-state index in [-0.39, 0.29) is 17.3 Å². The zero-order valence-electron chi connectivity index (χ0n) is 9.98. The van der Waals surface area contributed by atoms with Crippen LogP contribution in [0.4, 0.5) is 4.39 Å². The maximum Gasteiger partial charge on any atom is 0.163 e. The van der Waals surface area contributed by atoms with Crippen molar-refractivity contribution in [3.8, 4) is 16.9 Å². The van der Waals surface area contributed by atoms with E-state index >= 15 is 0 Å². The molecule has 1 N–H and O–H groups in total. The van der Waals surface area contributed by atoms with Crippen molar-refractivity contribution in [1.82, 2.24) is 0 Å². The number of phenolic OH excluding ortho intramolecular Hbond substituents is 1. The van der Waals surface area contributed by atoms with Crippen LogP contribution in [0.25, 0.3) is 11.1 Å². The maximum atomic E-state index is 13.2. The number of benzene rings is 2. The molecule has 3 heteroatoms. The molecular weight excluding hydrogens is 231 g/mol. The largest absolute Gasteiger partial charge is 0.508 e. The summed E-state index contributed by atoms with van der Waals surface area (Å²) in [6, 6.07) is 10.5. The SMILES string of the molecule is CCC(=O)c1ccc(O)cc1-c1cccc(F)c1. The Kier molecular flexibility index (Phi) is 3.42. The minimum Gasteiger partial charge on any atom is -0.508 e. The molecule has 2 aromatic rings. The van der Waals surface area contributed by atoms with Gasteiger partial charge in [0.05, 0.1) is 0 Å². The zero-order chi connectivity index (χ0) is 13.1. The molecule has 18 heavy (non-hydrogen) atoms. The second kappa shape index (κ2) is 5.00. The van der Waals surface area contributed by atoms with Gasteiger partial charge in [-0.15, -0.1) is 0 Å². The molecular formula is C15H13FO2. The summed E-state index contributed by atoms with van der Waals surface area (Å²) in [7, 11) is 0. The van der Waals surface area contributed by atoms with Gasteiger partial charge in [-0.05, 0) is 41.5 Å². The first-order valence-electron chi connectivity index (χ1n) is 5.74. The van der Waals surface area contributed by atoms with Gasteiger partial charge in [-0.25, -0.2) is 4.39 Å². The Balaban J connectivity index is 2.61. The first kappa shape index (κ1) is 12.3. The molecule has 0 unspecified atom stereocenters. The number of carbonyl (C=O) groups excluding carboxylic acids is 1. The average Bonchev–Trinajstić information content (AvgIpc) is 2.38. The van der Waals surface area contributed by atoms with E-state index in [2.05, 4.69) is 0 Å². The second-order valence-corrected chi connectivity index (χ2v) is 4.02. The van der Waals surface area contributed by atoms with E-state index in [0.29, 0.717) is 23.1 Å². The van der Waals surface area contributed by atoms with E-state index in [1.54, 1.807) is 25.1 Å². The lowest BCUT2D eigenvalue weighted by atomic mass is 9.96. The van der Waals surface area contributed by atoms with Gasteiger partial charge < -0.3 is 5.11 Å². The minimum absolute atomic E-state index is 0.0331. The molecule has 0 amide bonds. The lowest BCUT2D eigenvalue weighted by molar-refractivity contribution is 0.0989. The predicted octanol–water partition coefficient (Wildman–Crippen LogP) is 3.79. The summed E-state index contributed by atoms with van der Waals surface area (Å²) in [6.45, 7) is 1.77. The number of hydrogen-bond donors (Lipinski definition) is 1. The van der Waals surface area contributed by atoms with Crippen molar-refractivity contribution >= 4 is 5.78 Å². The summed E-state index contributed by atoms with van der Waals surface area (Å²) >= 11 is 0. The Morgan fingerprint density at radius 1 is 1.22 bits per heavy atom. The average molecular weight is 244 g/mol. The highest BCUT2D eigenvalue weighted by atomic mass is 19.1. The molecule has 2 aromatic carbocycles. The van der Waals surface area contributed by atoms with Crippen molar-refractivity contribution in [2.75, 3.05) is 0 Å². The van der Waals surface area contributed by atoms with Crippen molar-refractivity contribution in [2.45, 2.75) is 13.3 Å². The summed E-state index contributed by atoms with van der Waals surface area (Å²) in [5.41, 5.74) is 1.64. The van der Waals surface area contributed by atoms with Gasteiger partial charge >= 0.3 is 0 Å². The predicted molar refractivity (Wildman–Crippen MR) is 68.1 cm³/mol. The van der Waals surface area contributed by atoms with Crippen LogP contribution in [0.2, 0.25) is 0 Å². The van der Waals surface area contributed by atoms with Gasteiger partial charge in [-0.3, -0.25) is 4.79 Å². The van der Waals surface area contributed by atoms with Crippen molar-refractivity contribution < 1.29 is 14.3 Å². The van der Waals surface area contributed by atoms with Crippen LogP contribution < -0.4 is 0 Å². The van der Waals surface area contributed by atoms with E-state index in [4.69, 9.17) is 0 Å². The number of hydrogen-bond acceptors (Lipinski definition) is 2. The third kappa shape index (κ3) is 2.40. The standard InChI is InChI=1S/C15H13FO2/c1-2-15(18)13-7-6-12(17)9-14(13)10-4-3-5-11(16)8-10/h3-9,17H,2H2,1H3. The lowest BCUT2D eigenvalue weighted by Gasteiger charge is -2.09. The van der Waals surface area contributed by atoms with Crippen LogP contribution in [-0.4, -0.2) is 10.9 Å². The molecule has 2 rings (SSSR count). The van der Waals surface area contributed by atoms with E-state index in [1.165, 1.54) is 24.3 Å². The first-order chi connectivity index (χ1) is 8.61. The van der Waals surface area contributed by atoms with Gasteiger partial charge in [0, 0.05) is 12.0 Å². The van der Waals surface area contributed by atoms with Crippen molar-refractivity contribution in [2.24, 2.45) is 0 Å². The summed E-state index contributed by atoms with van der Waals surface area (Å²) < 4.78 is 13.2. The number of carbonyl (C=O) groups is 1. The highest BCUT2D eigenvalue weighted by Gasteiger charge is 2.12. The maximum absolute atomic E-state index is 13.2. The molecule has 0 aliphatic rings. The summed E-state index contributed by atoms with van der Waals surface area (Å²) in [6.07, 6.45) is 0.368. The molecule has 0 saturated carbocycles. The number of phenols is 1. The Morgan fingerprint density at radius 3 is 2.67 bits per heavy atom. The lowest BCUT2D eigenvalue weighted by Crippen LogP contribution is -1.99. The molecule has 92 valence electrons. The molecule has 0 spiro atoms. The van der Waals surface area contributed by atoms with Crippen LogP contribution in [0.1, 0.15) is 23.7 Å². The van der Waals surface area contributed by atoms with Crippen LogP contribution in [0.3, 0.4) is 0 Å². The van der Waals surface area contributed by atoms with Crippen molar-refractivity contribution in [3.63, 3.8) is 0 Å². The molecule has 0 heterocycles. The van der Waals surface area contributed by atoms with Crippen molar-refractivity contribution in [1.29, 1.82) is 0 Å². The molecule has 0 aromatic heterocycles. The fourth-order valence-electron chi connectivity index (χ4n) is 1.86. The highest BCUT2D eigenvalue weighted by Crippen LogP contribution is 2.28. The topological polar surface area (TPSA) is 37.3 Å². The van der Waals surface area contributed by atoms with Crippen molar-refractivity contribution in [3.05, 3.63) is 53.8 Å². The van der Waals surface area contributed by atoms with Gasteiger partial charge in [0.15, 0.2) is 5.78 Å². The van der Waals surface area contributed by atoms with Gasteiger partial charge in [-0.1, -0.05) is 19.1 Å². The number of rotatable bonds is 3. The Labute approximate surface area is 105 Å². The Morgan fingerprint density at radius 2 is 2.00 bits per heavy atom. The third-order valence-electron chi connectivity index (χ3n) is 2.76. The van der Waals surface area contributed by atoms with Crippen LogP contribution in [0, 0.1) is 5.82 Å². The smallest absolute Gasteiger partial charge is 0.163 e. The number of aromatic hydroxyl groups is 1. The van der Waals surface area contributed by atoms with Gasteiger partial charge in [-0.2, -0.15) is 0 Å². The number of Topliss-reactive ketones (excluding diaryl/α,β-unsaturated/α-hetero) is 1.